The Morgan fingerprint density at radius 3 is 2.91 bits per heavy atom. The molecule has 1 aliphatic rings. The van der Waals surface area contributed by atoms with Crippen LogP contribution in [0.1, 0.15) is 28.8 Å². The predicted molar refractivity (Wildman–Crippen MR) is 89.9 cm³/mol. The highest BCUT2D eigenvalue weighted by Crippen LogP contribution is 2.20. The first kappa shape index (κ1) is 15.3. The highest BCUT2D eigenvalue weighted by Gasteiger charge is 2.23. The fourth-order valence-corrected chi connectivity index (χ4v) is 2.41. The third kappa shape index (κ3) is 4.22. The first-order chi connectivity index (χ1) is 11.3. The van der Waals surface area contributed by atoms with Gasteiger partial charge in [-0.1, -0.05) is 18.2 Å². The maximum atomic E-state index is 12.0. The van der Waals surface area contributed by atoms with Crippen molar-refractivity contribution in [2.45, 2.75) is 25.3 Å². The molecular weight excluding hydrogens is 290 g/mol. The number of anilines is 1. The van der Waals surface area contributed by atoms with E-state index in [0.717, 1.165) is 42.8 Å². The van der Waals surface area contributed by atoms with Crippen molar-refractivity contribution in [1.29, 1.82) is 0 Å². The van der Waals surface area contributed by atoms with E-state index in [1.54, 1.807) is 19.5 Å². The lowest BCUT2D eigenvalue weighted by atomic mass is 10.1. The zero-order valence-corrected chi connectivity index (χ0v) is 13.2. The number of hydrogen-bond acceptors (Lipinski definition) is 4. The number of amides is 1. The van der Waals surface area contributed by atoms with Gasteiger partial charge in [-0.3, -0.25) is 9.78 Å². The van der Waals surface area contributed by atoms with Gasteiger partial charge in [0.2, 0.25) is 0 Å². The van der Waals surface area contributed by atoms with Gasteiger partial charge in [0.05, 0.1) is 18.4 Å². The SMILES string of the molecule is COc1ccccc1CCNc1cncc(C(=O)NC2CC2)c1. The molecule has 2 aromatic rings. The van der Waals surface area contributed by atoms with Crippen LogP contribution >= 0.6 is 0 Å². The Kier molecular flexibility index (Phi) is 4.76. The molecule has 1 aromatic carbocycles. The summed E-state index contributed by atoms with van der Waals surface area (Å²) in [7, 11) is 1.68. The maximum Gasteiger partial charge on any atom is 0.253 e. The van der Waals surface area contributed by atoms with Crippen LogP contribution in [0.15, 0.2) is 42.7 Å². The molecule has 5 nitrogen and oxygen atoms in total. The van der Waals surface area contributed by atoms with E-state index in [9.17, 15) is 4.79 Å². The second-order valence-corrected chi connectivity index (χ2v) is 5.70. The third-order valence-electron chi connectivity index (χ3n) is 3.83. The van der Waals surface area contributed by atoms with Crippen molar-refractivity contribution in [3.05, 3.63) is 53.9 Å². The average molecular weight is 311 g/mol. The maximum absolute atomic E-state index is 12.0. The van der Waals surface area contributed by atoms with E-state index in [4.69, 9.17) is 4.74 Å². The summed E-state index contributed by atoms with van der Waals surface area (Å²) in [6.45, 7) is 0.746. The van der Waals surface area contributed by atoms with Crippen molar-refractivity contribution in [3.8, 4) is 5.75 Å². The Labute approximate surface area is 136 Å². The van der Waals surface area contributed by atoms with Gasteiger partial charge in [-0.05, 0) is 37.0 Å². The second kappa shape index (κ2) is 7.13. The summed E-state index contributed by atoms with van der Waals surface area (Å²) in [6.07, 6.45) is 6.33. The van der Waals surface area contributed by atoms with Gasteiger partial charge in [-0.15, -0.1) is 0 Å². The molecule has 0 aliphatic heterocycles. The lowest BCUT2D eigenvalue weighted by molar-refractivity contribution is 0.0950. The van der Waals surface area contributed by atoms with Crippen LogP contribution in [0.25, 0.3) is 0 Å². The molecule has 1 heterocycles. The number of ether oxygens (including phenoxy) is 1. The van der Waals surface area contributed by atoms with E-state index in [1.165, 1.54) is 0 Å². The van der Waals surface area contributed by atoms with Crippen molar-refractivity contribution in [3.63, 3.8) is 0 Å². The van der Waals surface area contributed by atoms with Gasteiger partial charge >= 0.3 is 0 Å². The van der Waals surface area contributed by atoms with E-state index in [2.05, 4.69) is 21.7 Å². The van der Waals surface area contributed by atoms with E-state index >= 15 is 0 Å². The Morgan fingerprint density at radius 2 is 2.13 bits per heavy atom. The summed E-state index contributed by atoms with van der Waals surface area (Å²) in [5.41, 5.74) is 2.60. The molecule has 0 unspecified atom stereocenters. The van der Waals surface area contributed by atoms with Gasteiger partial charge in [-0.2, -0.15) is 0 Å². The minimum absolute atomic E-state index is 0.0478. The number of pyridine rings is 1. The Balaban J connectivity index is 1.56. The van der Waals surface area contributed by atoms with Gasteiger partial charge < -0.3 is 15.4 Å². The molecule has 0 radical (unpaired) electrons. The van der Waals surface area contributed by atoms with E-state index < -0.39 is 0 Å². The van der Waals surface area contributed by atoms with Crippen LogP contribution in [-0.2, 0) is 6.42 Å². The lowest BCUT2D eigenvalue weighted by Crippen LogP contribution is -2.25. The van der Waals surface area contributed by atoms with Crippen LogP contribution in [0.3, 0.4) is 0 Å². The number of nitrogens with zero attached hydrogens (tertiary/aromatic N) is 1. The molecule has 23 heavy (non-hydrogen) atoms. The number of aromatic nitrogens is 1. The molecule has 1 aromatic heterocycles. The van der Waals surface area contributed by atoms with E-state index in [1.807, 2.05) is 24.3 Å². The summed E-state index contributed by atoms with van der Waals surface area (Å²) in [5, 5.41) is 6.28. The quantitative estimate of drug-likeness (QED) is 0.825. The Morgan fingerprint density at radius 1 is 1.30 bits per heavy atom. The van der Waals surface area contributed by atoms with Crippen LogP contribution in [0.5, 0.6) is 5.75 Å². The molecule has 1 saturated carbocycles. The molecule has 1 fully saturated rings. The van der Waals surface area contributed by atoms with Crippen molar-refractivity contribution in [1.82, 2.24) is 10.3 Å². The molecule has 120 valence electrons. The molecule has 0 atom stereocenters. The highest BCUT2D eigenvalue weighted by atomic mass is 16.5. The summed E-state index contributed by atoms with van der Waals surface area (Å²) < 4.78 is 5.35. The smallest absolute Gasteiger partial charge is 0.253 e. The molecule has 0 spiro atoms. The topological polar surface area (TPSA) is 63.2 Å². The predicted octanol–water partition coefficient (Wildman–Crippen LogP) is 2.64. The average Bonchev–Trinajstić information content (AvgIpc) is 3.39. The van der Waals surface area contributed by atoms with Gasteiger partial charge in [-0.25, -0.2) is 0 Å². The minimum atomic E-state index is -0.0478. The summed E-state index contributed by atoms with van der Waals surface area (Å²) in [6, 6.07) is 10.2. The first-order valence-corrected chi connectivity index (χ1v) is 7.88. The molecule has 2 N–H and O–H groups in total. The molecular formula is C18H21N3O2. The van der Waals surface area contributed by atoms with Crippen LogP contribution in [0, 0.1) is 0 Å². The number of methoxy groups -OCH3 is 1. The summed E-state index contributed by atoms with van der Waals surface area (Å²) in [5.74, 6) is 0.846. The largest absolute Gasteiger partial charge is 0.496 e. The first-order valence-electron chi connectivity index (χ1n) is 7.88. The number of benzene rings is 1. The number of nitrogens with one attached hydrogen (secondary N) is 2. The molecule has 5 heteroatoms. The fraction of sp³-hybridized carbons (Fsp3) is 0.333. The number of carbonyl (C=O) groups excluding carboxylic acids is 1. The van der Waals surface area contributed by atoms with Crippen molar-refractivity contribution in [2.24, 2.45) is 0 Å². The van der Waals surface area contributed by atoms with E-state index in [-0.39, 0.29) is 5.91 Å². The molecule has 1 aliphatic carbocycles. The highest BCUT2D eigenvalue weighted by molar-refractivity contribution is 5.95. The standard InChI is InChI=1S/C18H21N3O2/c1-23-17-5-3-2-4-13(17)8-9-20-16-10-14(11-19-12-16)18(22)21-15-6-7-15/h2-5,10-12,15,20H,6-9H2,1H3,(H,21,22). The zero-order chi connectivity index (χ0) is 16.1. The van der Waals surface area contributed by atoms with Crippen molar-refractivity contribution < 1.29 is 9.53 Å². The van der Waals surface area contributed by atoms with Crippen LogP contribution in [0.2, 0.25) is 0 Å². The number of hydrogen-bond donors (Lipinski definition) is 2. The molecule has 1 amide bonds. The van der Waals surface area contributed by atoms with Crippen LogP contribution in [-0.4, -0.2) is 30.6 Å². The van der Waals surface area contributed by atoms with Gasteiger partial charge in [0.15, 0.2) is 0 Å². The fourth-order valence-electron chi connectivity index (χ4n) is 2.41. The number of rotatable bonds is 7. The summed E-state index contributed by atoms with van der Waals surface area (Å²) >= 11 is 0. The molecule has 0 saturated heterocycles. The zero-order valence-electron chi connectivity index (χ0n) is 13.2. The number of para-hydroxylation sites is 1. The molecule has 3 rings (SSSR count). The van der Waals surface area contributed by atoms with E-state index in [0.29, 0.717) is 11.6 Å². The van der Waals surface area contributed by atoms with Crippen molar-refractivity contribution in [2.75, 3.05) is 19.0 Å². The Bertz CT molecular complexity index is 683. The normalized spacial score (nSPS) is 13.4. The Hall–Kier alpha value is -2.56. The van der Waals surface area contributed by atoms with Crippen molar-refractivity contribution >= 4 is 11.6 Å². The van der Waals surface area contributed by atoms with Gasteiger partial charge in [0, 0.05) is 25.0 Å². The van der Waals surface area contributed by atoms with Crippen LogP contribution in [0.4, 0.5) is 5.69 Å². The van der Waals surface area contributed by atoms with Crippen LogP contribution < -0.4 is 15.4 Å². The number of carbonyl (C=O) groups is 1. The third-order valence-corrected chi connectivity index (χ3v) is 3.83. The molecule has 0 bridgehead atoms. The van der Waals surface area contributed by atoms with Gasteiger partial charge in [0.1, 0.15) is 5.75 Å². The lowest BCUT2D eigenvalue weighted by Gasteiger charge is -2.10. The minimum Gasteiger partial charge on any atom is -0.496 e. The monoisotopic (exact) mass is 311 g/mol. The second-order valence-electron chi connectivity index (χ2n) is 5.70. The van der Waals surface area contributed by atoms with Gasteiger partial charge in [0.25, 0.3) is 5.91 Å². The summed E-state index contributed by atoms with van der Waals surface area (Å²) in [4.78, 5) is 16.2.